The summed E-state index contributed by atoms with van der Waals surface area (Å²) >= 11 is 0. The van der Waals surface area contributed by atoms with Gasteiger partial charge in [0.25, 0.3) is 5.91 Å². The van der Waals surface area contributed by atoms with Crippen LogP contribution in [0, 0.1) is 12.8 Å². The maximum atomic E-state index is 13.0. The molecule has 2 rings (SSSR count). The fourth-order valence-corrected chi connectivity index (χ4v) is 3.74. The van der Waals surface area contributed by atoms with Crippen molar-refractivity contribution in [3.63, 3.8) is 0 Å². The van der Waals surface area contributed by atoms with E-state index in [0.29, 0.717) is 12.0 Å². The first-order valence-electron chi connectivity index (χ1n) is 12.4. The number of hydrogen-bond donors (Lipinski definition) is 7. The number of phenols is 1. The molecule has 0 bridgehead atoms. The summed E-state index contributed by atoms with van der Waals surface area (Å²) < 4.78 is 5.22. The van der Waals surface area contributed by atoms with Gasteiger partial charge in [-0.05, 0) is 44.7 Å². The molecular formula is C25H38N6O7. The van der Waals surface area contributed by atoms with Gasteiger partial charge in [0.15, 0.2) is 11.7 Å². The van der Waals surface area contributed by atoms with Gasteiger partial charge in [0.1, 0.15) is 23.4 Å². The van der Waals surface area contributed by atoms with Crippen molar-refractivity contribution in [2.45, 2.75) is 64.3 Å². The number of carbonyl (C=O) groups is 4. The Balaban J connectivity index is 2.09. The minimum atomic E-state index is -1.39. The predicted molar refractivity (Wildman–Crippen MR) is 139 cm³/mol. The SMILES string of the molecule is Cc1c(O)cccc1C(=O)N[C@H](C(=O)N[C@@H](CO)C(=O)N[C@@H](CCCN=C(N)N)C(=O)[C@@]1(C)CO1)C(C)C. The van der Waals surface area contributed by atoms with E-state index in [4.69, 9.17) is 16.2 Å². The van der Waals surface area contributed by atoms with Gasteiger partial charge in [-0.15, -0.1) is 0 Å². The zero-order chi connectivity index (χ0) is 28.6. The number of amides is 3. The summed E-state index contributed by atoms with van der Waals surface area (Å²) in [6, 6.07) is 1.07. The van der Waals surface area contributed by atoms with Crippen molar-refractivity contribution in [1.82, 2.24) is 16.0 Å². The summed E-state index contributed by atoms with van der Waals surface area (Å²) in [4.78, 5) is 55.6. The molecule has 9 N–H and O–H groups in total. The van der Waals surface area contributed by atoms with Crippen molar-refractivity contribution in [3.8, 4) is 5.75 Å². The van der Waals surface area contributed by atoms with Crippen molar-refractivity contribution >= 4 is 29.5 Å². The molecule has 0 radical (unpaired) electrons. The standard InChI is InChI=1S/C25H38N6O7/c1-13(2)19(31-21(35)15-7-5-9-18(33)14(15)3)23(37)30-17(11-32)22(36)29-16(8-6-10-28-24(26)27)20(34)25(4)12-38-25/h5,7,9,13,16-17,19,32-33H,6,8,10-12H2,1-4H3,(H,29,36)(H,30,37)(H,31,35)(H4,26,27,28)/t16-,17-,19-,25+/m0/s1. The van der Waals surface area contributed by atoms with Gasteiger partial charge in [0.05, 0.1) is 19.3 Å². The van der Waals surface area contributed by atoms with Crippen LogP contribution in [0.25, 0.3) is 0 Å². The third-order valence-electron chi connectivity index (χ3n) is 6.28. The van der Waals surface area contributed by atoms with Crippen molar-refractivity contribution in [3.05, 3.63) is 29.3 Å². The van der Waals surface area contributed by atoms with Crippen LogP contribution in [0.15, 0.2) is 23.2 Å². The Morgan fingerprint density at radius 3 is 2.29 bits per heavy atom. The van der Waals surface area contributed by atoms with Crippen LogP contribution in [0.1, 0.15) is 49.5 Å². The van der Waals surface area contributed by atoms with Gasteiger partial charge in [-0.25, -0.2) is 0 Å². The topological polar surface area (TPSA) is 222 Å². The first-order chi connectivity index (χ1) is 17.8. The molecule has 0 saturated carbocycles. The van der Waals surface area contributed by atoms with E-state index in [2.05, 4.69) is 20.9 Å². The predicted octanol–water partition coefficient (Wildman–Crippen LogP) is -1.17. The average Bonchev–Trinajstić information content (AvgIpc) is 3.61. The third kappa shape index (κ3) is 8.15. The Bertz CT molecular complexity index is 1070. The highest BCUT2D eigenvalue weighted by molar-refractivity contribution is 6.00. The summed E-state index contributed by atoms with van der Waals surface area (Å²) in [5, 5.41) is 27.4. The number of Topliss-reactive ketones (excluding diaryl/α,β-unsaturated/α-hetero) is 1. The molecule has 0 aromatic heterocycles. The van der Waals surface area contributed by atoms with Gasteiger partial charge in [0.2, 0.25) is 11.8 Å². The molecule has 1 aliphatic heterocycles. The van der Waals surface area contributed by atoms with E-state index < -0.39 is 48.1 Å². The minimum Gasteiger partial charge on any atom is -0.508 e. The number of aromatic hydroxyl groups is 1. The van der Waals surface area contributed by atoms with Gasteiger partial charge >= 0.3 is 0 Å². The number of hydrogen-bond acceptors (Lipinski definition) is 8. The van der Waals surface area contributed by atoms with Crippen molar-refractivity contribution in [1.29, 1.82) is 0 Å². The Labute approximate surface area is 221 Å². The quantitative estimate of drug-likeness (QED) is 0.0660. The fraction of sp³-hybridized carbons (Fsp3) is 0.560. The fourth-order valence-electron chi connectivity index (χ4n) is 3.74. The molecule has 0 spiro atoms. The van der Waals surface area contributed by atoms with Crippen LogP contribution >= 0.6 is 0 Å². The highest BCUT2D eigenvalue weighted by Gasteiger charge is 2.50. The van der Waals surface area contributed by atoms with E-state index in [0.717, 1.165) is 0 Å². The number of benzene rings is 1. The number of rotatable bonds is 14. The zero-order valence-corrected chi connectivity index (χ0v) is 22.1. The first kappa shape index (κ1) is 30.5. The van der Waals surface area contributed by atoms with Gasteiger partial charge in [-0.1, -0.05) is 19.9 Å². The van der Waals surface area contributed by atoms with Crippen LogP contribution in [-0.4, -0.2) is 83.2 Å². The van der Waals surface area contributed by atoms with E-state index >= 15 is 0 Å². The molecule has 1 aromatic carbocycles. The smallest absolute Gasteiger partial charge is 0.252 e. The monoisotopic (exact) mass is 534 g/mol. The molecule has 0 aliphatic carbocycles. The highest BCUT2D eigenvalue weighted by Crippen LogP contribution is 2.29. The van der Waals surface area contributed by atoms with Crippen LogP contribution < -0.4 is 27.4 Å². The lowest BCUT2D eigenvalue weighted by Gasteiger charge is -2.26. The molecule has 13 nitrogen and oxygen atoms in total. The minimum absolute atomic E-state index is 0.0620. The normalized spacial score (nSPS) is 18.6. The van der Waals surface area contributed by atoms with Crippen LogP contribution in [0.2, 0.25) is 0 Å². The van der Waals surface area contributed by atoms with E-state index in [-0.39, 0.29) is 48.5 Å². The maximum Gasteiger partial charge on any atom is 0.252 e. The number of epoxide rings is 1. The molecule has 1 fully saturated rings. The molecule has 1 saturated heterocycles. The van der Waals surface area contributed by atoms with E-state index in [1.165, 1.54) is 18.2 Å². The summed E-state index contributed by atoms with van der Waals surface area (Å²) in [7, 11) is 0. The summed E-state index contributed by atoms with van der Waals surface area (Å²) in [5.74, 6) is -2.93. The van der Waals surface area contributed by atoms with Gasteiger partial charge in [-0.3, -0.25) is 24.2 Å². The van der Waals surface area contributed by atoms with E-state index in [1.54, 1.807) is 27.7 Å². The highest BCUT2D eigenvalue weighted by atomic mass is 16.6. The molecule has 3 amide bonds. The average molecular weight is 535 g/mol. The molecule has 4 atom stereocenters. The number of nitrogens with one attached hydrogen (secondary N) is 3. The molecule has 1 heterocycles. The summed E-state index contributed by atoms with van der Waals surface area (Å²) in [6.07, 6.45) is 0.594. The molecule has 210 valence electrons. The lowest BCUT2D eigenvalue weighted by atomic mass is 9.96. The molecule has 0 unspecified atom stereocenters. The van der Waals surface area contributed by atoms with E-state index in [1.807, 2.05) is 0 Å². The second-order valence-corrected chi connectivity index (χ2v) is 9.78. The largest absolute Gasteiger partial charge is 0.508 e. The second kappa shape index (κ2) is 13.2. The third-order valence-corrected chi connectivity index (χ3v) is 6.28. The molecule has 1 aromatic rings. The number of phenolic OH excluding ortho intramolecular Hbond substituents is 1. The van der Waals surface area contributed by atoms with Crippen LogP contribution in [0.3, 0.4) is 0 Å². The molecule has 38 heavy (non-hydrogen) atoms. The Kier molecular flexibility index (Phi) is 10.6. The van der Waals surface area contributed by atoms with Gasteiger partial charge in [-0.2, -0.15) is 0 Å². The number of aliphatic hydroxyl groups is 1. The van der Waals surface area contributed by atoms with Crippen LogP contribution in [0.5, 0.6) is 5.75 Å². The maximum absolute atomic E-state index is 13.0. The number of nitrogens with zero attached hydrogens (tertiary/aromatic N) is 1. The van der Waals surface area contributed by atoms with Crippen LogP contribution in [-0.2, 0) is 19.1 Å². The van der Waals surface area contributed by atoms with Crippen molar-refractivity contribution in [2.24, 2.45) is 22.4 Å². The first-order valence-corrected chi connectivity index (χ1v) is 12.4. The Hall–Kier alpha value is -3.71. The Morgan fingerprint density at radius 2 is 1.74 bits per heavy atom. The summed E-state index contributed by atoms with van der Waals surface area (Å²) in [5.41, 5.74) is 10.2. The summed E-state index contributed by atoms with van der Waals surface area (Å²) in [6.45, 7) is 6.31. The van der Waals surface area contributed by atoms with Gasteiger partial charge in [0, 0.05) is 17.7 Å². The number of ether oxygens (including phenoxy) is 1. The van der Waals surface area contributed by atoms with E-state index in [9.17, 15) is 29.4 Å². The molecule has 1 aliphatic rings. The number of aliphatic imine (C=N–C) groups is 1. The van der Waals surface area contributed by atoms with Crippen molar-refractivity contribution < 1.29 is 34.1 Å². The van der Waals surface area contributed by atoms with Gasteiger partial charge < -0.3 is 42.4 Å². The lowest BCUT2D eigenvalue weighted by Crippen LogP contribution is -2.58. The number of ketones is 1. The number of aliphatic hydroxyl groups excluding tert-OH is 1. The Morgan fingerprint density at radius 1 is 1.11 bits per heavy atom. The lowest BCUT2D eigenvalue weighted by molar-refractivity contribution is -0.134. The zero-order valence-electron chi connectivity index (χ0n) is 22.1. The number of nitrogens with two attached hydrogens (primary N) is 2. The number of guanidine groups is 1. The second-order valence-electron chi connectivity index (χ2n) is 9.78. The molecule has 13 heteroatoms. The van der Waals surface area contributed by atoms with Crippen LogP contribution in [0.4, 0.5) is 0 Å². The molecular weight excluding hydrogens is 496 g/mol. The van der Waals surface area contributed by atoms with Crippen molar-refractivity contribution in [2.75, 3.05) is 19.8 Å². The number of carbonyl (C=O) groups excluding carboxylic acids is 4.